The lowest BCUT2D eigenvalue weighted by molar-refractivity contribution is -0.144. The lowest BCUT2D eigenvalue weighted by atomic mass is 10.1. The number of carbonyl (C=O) groups excluding carboxylic acids is 4. The quantitative estimate of drug-likeness (QED) is 0.127. The fourth-order valence-corrected chi connectivity index (χ4v) is 3.00. The number of hydrogen-bond donors (Lipinski definition) is 8. The zero-order chi connectivity index (χ0) is 24.3. The molecule has 14 nitrogen and oxygen atoms in total. The van der Waals surface area contributed by atoms with Crippen LogP contribution in [0.25, 0.3) is 0 Å². The smallest absolute Gasteiger partial charge is 0.328 e. The van der Waals surface area contributed by atoms with E-state index in [-0.39, 0.29) is 19.3 Å². The largest absolute Gasteiger partial charge is 0.481 e. The van der Waals surface area contributed by atoms with E-state index < -0.39 is 72.8 Å². The third-order valence-electron chi connectivity index (χ3n) is 4.77. The Morgan fingerprint density at radius 3 is 1.94 bits per heavy atom. The van der Waals surface area contributed by atoms with Gasteiger partial charge in [-0.2, -0.15) is 0 Å². The SMILES string of the molecule is NC(=O)CCC(NC(=O)C1CCCN1)C(=O)NC(CCC(=O)O)C(=O)NC(CO)C(=O)O. The summed E-state index contributed by atoms with van der Waals surface area (Å²) < 4.78 is 0. The van der Waals surface area contributed by atoms with Gasteiger partial charge >= 0.3 is 11.9 Å². The molecule has 1 aliphatic rings. The fraction of sp³-hybridized carbons (Fsp3) is 0.667. The second kappa shape index (κ2) is 13.2. The van der Waals surface area contributed by atoms with Crippen molar-refractivity contribution in [2.75, 3.05) is 13.2 Å². The van der Waals surface area contributed by atoms with Gasteiger partial charge in [0.05, 0.1) is 12.6 Å². The Bertz CT molecular complexity index is 724. The highest BCUT2D eigenvalue weighted by atomic mass is 16.4. The molecule has 0 bridgehead atoms. The average Bonchev–Trinajstić information content (AvgIpc) is 3.26. The van der Waals surface area contributed by atoms with Gasteiger partial charge in [-0.3, -0.25) is 24.0 Å². The number of aliphatic carboxylic acids is 2. The number of aliphatic hydroxyl groups excluding tert-OH is 1. The summed E-state index contributed by atoms with van der Waals surface area (Å²) in [7, 11) is 0. The van der Waals surface area contributed by atoms with Gasteiger partial charge in [-0.15, -0.1) is 0 Å². The number of nitrogens with two attached hydrogens (primary N) is 1. The molecule has 1 fully saturated rings. The van der Waals surface area contributed by atoms with E-state index >= 15 is 0 Å². The summed E-state index contributed by atoms with van der Waals surface area (Å²) in [6, 6.07) is -4.90. The van der Waals surface area contributed by atoms with Crippen molar-refractivity contribution in [1.82, 2.24) is 21.3 Å². The van der Waals surface area contributed by atoms with Crippen molar-refractivity contribution >= 4 is 35.6 Å². The molecule has 180 valence electrons. The number of amides is 4. The first-order valence-electron chi connectivity index (χ1n) is 10.0. The first-order chi connectivity index (χ1) is 15.0. The van der Waals surface area contributed by atoms with Gasteiger partial charge in [-0.1, -0.05) is 0 Å². The molecular formula is C18H29N5O9. The molecule has 0 aromatic carbocycles. The van der Waals surface area contributed by atoms with Crippen LogP contribution in [0.15, 0.2) is 0 Å². The number of aliphatic hydroxyl groups is 1. The number of carbonyl (C=O) groups is 6. The summed E-state index contributed by atoms with van der Waals surface area (Å²) >= 11 is 0. The number of hydrogen-bond acceptors (Lipinski definition) is 8. The van der Waals surface area contributed by atoms with E-state index in [1.54, 1.807) is 0 Å². The predicted molar refractivity (Wildman–Crippen MR) is 107 cm³/mol. The van der Waals surface area contributed by atoms with Gasteiger partial charge < -0.3 is 42.3 Å². The van der Waals surface area contributed by atoms with Crippen LogP contribution in [0, 0.1) is 0 Å². The average molecular weight is 459 g/mol. The normalized spacial score (nSPS) is 18.1. The molecule has 1 rings (SSSR count). The highest BCUT2D eigenvalue weighted by Crippen LogP contribution is 2.08. The van der Waals surface area contributed by atoms with Gasteiger partial charge in [0.25, 0.3) is 0 Å². The zero-order valence-electron chi connectivity index (χ0n) is 17.3. The third kappa shape index (κ3) is 9.26. The first kappa shape index (κ1) is 26.8. The van der Waals surface area contributed by atoms with Crippen LogP contribution >= 0.6 is 0 Å². The Balaban J connectivity index is 2.93. The highest BCUT2D eigenvalue weighted by Gasteiger charge is 2.31. The van der Waals surface area contributed by atoms with Gasteiger partial charge in [0.15, 0.2) is 0 Å². The van der Waals surface area contributed by atoms with Crippen LogP contribution in [0.1, 0.15) is 38.5 Å². The number of nitrogens with one attached hydrogen (secondary N) is 4. The molecule has 0 aromatic rings. The van der Waals surface area contributed by atoms with Gasteiger partial charge in [0.1, 0.15) is 18.1 Å². The maximum atomic E-state index is 12.8. The Morgan fingerprint density at radius 2 is 1.47 bits per heavy atom. The molecule has 1 aliphatic heterocycles. The summed E-state index contributed by atoms with van der Waals surface area (Å²) in [6.45, 7) is -0.296. The maximum absolute atomic E-state index is 12.8. The second-order valence-electron chi connectivity index (χ2n) is 7.29. The number of primary amides is 1. The molecule has 14 heteroatoms. The van der Waals surface area contributed by atoms with Crippen molar-refractivity contribution in [1.29, 1.82) is 0 Å². The van der Waals surface area contributed by atoms with Gasteiger partial charge in [-0.25, -0.2) is 4.79 Å². The van der Waals surface area contributed by atoms with Crippen LogP contribution in [0.2, 0.25) is 0 Å². The molecule has 1 saturated heterocycles. The molecule has 0 saturated carbocycles. The summed E-state index contributed by atoms with van der Waals surface area (Å²) in [6.07, 6.45) is 0.000850. The van der Waals surface area contributed by atoms with Crippen molar-refractivity contribution in [2.24, 2.45) is 5.73 Å². The summed E-state index contributed by atoms with van der Waals surface area (Å²) in [4.78, 5) is 70.7. The summed E-state index contributed by atoms with van der Waals surface area (Å²) in [5.74, 6) is -5.90. The van der Waals surface area contributed by atoms with Crippen LogP contribution in [0.4, 0.5) is 0 Å². The molecule has 0 aromatic heterocycles. The van der Waals surface area contributed by atoms with Crippen LogP contribution in [0.5, 0.6) is 0 Å². The Kier molecular flexibility index (Phi) is 11.1. The van der Waals surface area contributed by atoms with Crippen molar-refractivity contribution < 1.29 is 44.1 Å². The van der Waals surface area contributed by atoms with Crippen LogP contribution in [-0.4, -0.2) is 88.2 Å². The molecule has 9 N–H and O–H groups in total. The lowest BCUT2D eigenvalue weighted by Crippen LogP contribution is -2.57. The third-order valence-corrected chi connectivity index (χ3v) is 4.77. The topological polar surface area (TPSA) is 237 Å². The van der Waals surface area contributed by atoms with Crippen molar-refractivity contribution in [3.63, 3.8) is 0 Å². The molecule has 0 aliphatic carbocycles. The maximum Gasteiger partial charge on any atom is 0.328 e. The number of carboxylic acids is 2. The highest BCUT2D eigenvalue weighted by molar-refractivity contribution is 5.94. The van der Waals surface area contributed by atoms with E-state index in [0.29, 0.717) is 13.0 Å². The van der Waals surface area contributed by atoms with E-state index in [4.69, 9.17) is 21.1 Å². The Labute approximate surface area is 183 Å². The van der Waals surface area contributed by atoms with Crippen molar-refractivity contribution in [2.45, 2.75) is 62.7 Å². The number of rotatable bonds is 14. The standard InChI is InChI=1S/C18H29N5O9/c19-13(25)5-3-10(21-15(28)9-2-1-7-20-9)16(29)22-11(4-6-14(26)27)17(30)23-12(8-24)18(31)32/h9-12,20,24H,1-8H2,(H2,19,25)(H,21,28)(H,22,29)(H,23,30)(H,26,27)(H,31,32). The zero-order valence-corrected chi connectivity index (χ0v) is 17.3. The van der Waals surface area contributed by atoms with E-state index in [1.165, 1.54) is 0 Å². The van der Waals surface area contributed by atoms with E-state index in [0.717, 1.165) is 6.42 Å². The Morgan fingerprint density at radius 1 is 0.906 bits per heavy atom. The van der Waals surface area contributed by atoms with Crippen LogP contribution in [-0.2, 0) is 28.8 Å². The van der Waals surface area contributed by atoms with E-state index in [2.05, 4.69) is 16.0 Å². The minimum Gasteiger partial charge on any atom is -0.481 e. The van der Waals surface area contributed by atoms with E-state index in [9.17, 15) is 28.8 Å². The molecule has 4 atom stereocenters. The van der Waals surface area contributed by atoms with Gasteiger partial charge in [0, 0.05) is 12.8 Å². The van der Waals surface area contributed by atoms with Crippen molar-refractivity contribution in [3.8, 4) is 0 Å². The number of carboxylic acid groups (broad SMARTS) is 2. The minimum atomic E-state index is -1.66. The van der Waals surface area contributed by atoms with Crippen LogP contribution in [0.3, 0.4) is 0 Å². The van der Waals surface area contributed by atoms with Crippen molar-refractivity contribution in [3.05, 3.63) is 0 Å². The monoisotopic (exact) mass is 459 g/mol. The summed E-state index contributed by atoms with van der Waals surface area (Å²) in [5, 5.41) is 36.7. The molecular weight excluding hydrogens is 430 g/mol. The predicted octanol–water partition coefficient (Wildman–Crippen LogP) is -3.60. The molecule has 0 radical (unpaired) electrons. The van der Waals surface area contributed by atoms with Gasteiger partial charge in [0.2, 0.25) is 23.6 Å². The van der Waals surface area contributed by atoms with Gasteiger partial charge in [-0.05, 0) is 32.2 Å². The molecule has 32 heavy (non-hydrogen) atoms. The Hall–Kier alpha value is -3.26. The fourth-order valence-electron chi connectivity index (χ4n) is 3.00. The van der Waals surface area contributed by atoms with E-state index in [1.807, 2.05) is 5.32 Å². The van der Waals surface area contributed by atoms with Crippen LogP contribution < -0.4 is 27.0 Å². The lowest BCUT2D eigenvalue weighted by Gasteiger charge is -2.24. The molecule has 4 unspecified atom stereocenters. The molecule has 1 heterocycles. The second-order valence-corrected chi connectivity index (χ2v) is 7.29. The minimum absolute atomic E-state index is 0.165. The molecule has 0 spiro atoms. The summed E-state index contributed by atoms with van der Waals surface area (Å²) in [5.41, 5.74) is 5.12. The molecule has 4 amide bonds. The first-order valence-corrected chi connectivity index (χ1v) is 10.0.